The Morgan fingerprint density at radius 2 is 2.17 bits per heavy atom. The molecule has 2 rings (SSSR count). The first-order valence-corrected chi connectivity index (χ1v) is 7.30. The summed E-state index contributed by atoms with van der Waals surface area (Å²) in [4.78, 5) is 2.55. The number of hydrogen-bond donors (Lipinski definition) is 1. The number of nitrogens with zero attached hydrogens (tertiary/aromatic N) is 1. The van der Waals surface area contributed by atoms with Gasteiger partial charge in [0, 0.05) is 24.8 Å². The highest BCUT2D eigenvalue weighted by Crippen LogP contribution is 2.23. The molecule has 0 aromatic heterocycles. The summed E-state index contributed by atoms with van der Waals surface area (Å²) in [5, 5.41) is 3.48. The first kappa shape index (κ1) is 13.4. The Labute approximate surface area is 111 Å². The maximum absolute atomic E-state index is 3.48. The molecule has 0 unspecified atom stereocenters. The van der Waals surface area contributed by atoms with Crippen LogP contribution in [0.25, 0.3) is 0 Å². The first-order valence-electron chi connectivity index (χ1n) is 7.30. The predicted octanol–water partition coefficient (Wildman–Crippen LogP) is 3.67. The van der Waals surface area contributed by atoms with Crippen LogP contribution in [0.1, 0.15) is 44.7 Å². The molecule has 0 saturated heterocycles. The van der Waals surface area contributed by atoms with Gasteiger partial charge in [0.1, 0.15) is 0 Å². The molecule has 0 amide bonds. The lowest BCUT2D eigenvalue weighted by molar-refractivity contribution is 0.213. The highest BCUT2D eigenvalue weighted by molar-refractivity contribution is 5.54. The molecule has 18 heavy (non-hydrogen) atoms. The molecule has 0 fully saturated rings. The molecule has 2 heteroatoms. The summed E-state index contributed by atoms with van der Waals surface area (Å²) in [5.41, 5.74) is 4.30. The van der Waals surface area contributed by atoms with Gasteiger partial charge in [-0.05, 0) is 56.8 Å². The molecule has 0 atom stereocenters. The average Bonchev–Trinajstić information content (AvgIpc) is 2.38. The van der Waals surface area contributed by atoms with E-state index in [0.29, 0.717) is 6.04 Å². The van der Waals surface area contributed by atoms with E-state index in [1.165, 1.54) is 42.6 Å². The van der Waals surface area contributed by atoms with Crippen LogP contribution in [-0.2, 0) is 13.0 Å². The topological polar surface area (TPSA) is 15.3 Å². The summed E-state index contributed by atoms with van der Waals surface area (Å²) in [5.74, 6) is 0. The molecule has 0 saturated carbocycles. The molecule has 1 N–H and O–H groups in total. The summed E-state index contributed by atoms with van der Waals surface area (Å²) < 4.78 is 0. The van der Waals surface area contributed by atoms with Gasteiger partial charge in [0.15, 0.2) is 0 Å². The van der Waals surface area contributed by atoms with Crippen molar-refractivity contribution in [3.05, 3.63) is 29.3 Å². The molecule has 1 aromatic rings. The summed E-state index contributed by atoms with van der Waals surface area (Å²) in [6.07, 6.45) is 3.72. The molecule has 1 heterocycles. The van der Waals surface area contributed by atoms with Crippen molar-refractivity contribution in [3.63, 3.8) is 0 Å². The van der Waals surface area contributed by atoms with E-state index in [1.54, 1.807) is 0 Å². The van der Waals surface area contributed by atoms with Gasteiger partial charge in [0.25, 0.3) is 0 Å². The van der Waals surface area contributed by atoms with Crippen molar-refractivity contribution >= 4 is 5.69 Å². The molecule has 2 nitrogen and oxygen atoms in total. The Balaban J connectivity index is 2.08. The first-order chi connectivity index (χ1) is 8.70. The Kier molecular flexibility index (Phi) is 4.65. The second-order valence-corrected chi connectivity index (χ2v) is 5.59. The van der Waals surface area contributed by atoms with Crippen LogP contribution in [0.5, 0.6) is 0 Å². The number of fused-ring (bicyclic) bond motifs is 1. The standard InChI is InChI=1S/C16H26N2/c1-4-10-18(13(2)3)12-14-7-8-16-15(11-14)6-5-9-17-16/h7-8,11,13,17H,4-6,9-10,12H2,1-3H3. The van der Waals surface area contributed by atoms with Crippen LogP contribution in [0.15, 0.2) is 18.2 Å². The Bertz CT molecular complexity index is 385. The second-order valence-electron chi connectivity index (χ2n) is 5.59. The molecule has 1 aliphatic heterocycles. The number of nitrogens with one attached hydrogen (secondary N) is 1. The molecular formula is C16H26N2. The van der Waals surface area contributed by atoms with E-state index in [4.69, 9.17) is 0 Å². The number of aryl methyl sites for hydroxylation is 1. The fraction of sp³-hybridized carbons (Fsp3) is 0.625. The van der Waals surface area contributed by atoms with Gasteiger partial charge < -0.3 is 5.32 Å². The summed E-state index contributed by atoms with van der Waals surface area (Å²) >= 11 is 0. The van der Waals surface area contributed by atoms with Crippen LogP contribution in [0.2, 0.25) is 0 Å². The summed E-state index contributed by atoms with van der Waals surface area (Å²) in [6.45, 7) is 10.2. The fourth-order valence-electron chi connectivity index (χ4n) is 2.67. The lowest BCUT2D eigenvalue weighted by atomic mass is 10.0. The van der Waals surface area contributed by atoms with Crippen LogP contribution >= 0.6 is 0 Å². The van der Waals surface area contributed by atoms with Gasteiger partial charge >= 0.3 is 0 Å². The normalized spacial score (nSPS) is 14.7. The van der Waals surface area contributed by atoms with E-state index in [0.717, 1.165) is 13.1 Å². The zero-order valence-electron chi connectivity index (χ0n) is 12.0. The van der Waals surface area contributed by atoms with Crippen molar-refractivity contribution in [3.8, 4) is 0 Å². The fourth-order valence-corrected chi connectivity index (χ4v) is 2.67. The Hall–Kier alpha value is -1.02. The van der Waals surface area contributed by atoms with Gasteiger partial charge in [-0.3, -0.25) is 4.90 Å². The third kappa shape index (κ3) is 3.26. The maximum atomic E-state index is 3.48. The van der Waals surface area contributed by atoms with Crippen LogP contribution in [0.3, 0.4) is 0 Å². The zero-order chi connectivity index (χ0) is 13.0. The quantitative estimate of drug-likeness (QED) is 0.853. The second kappa shape index (κ2) is 6.24. The molecule has 0 spiro atoms. The SMILES string of the molecule is CCCN(Cc1ccc2c(c1)CCCN2)C(C)C. The van der Waals surface area contributed by atoms with Gasteiger partial charge in [-0.2, -0.15) is 0 Å². The molecule has 100 valence electrons. The monoisotopic (exact) mass is 246 g/mol. The molecule has 0 bridgehead atoms. The van der Waals surface area contributed by atoms with Gasteiger partial charge in [0.05, 0.1) is 0 Å². The minimum absolute atomic E-state index is 0.624. The van der Waals surface area contributed by atoms with Crippen LogP contribution in [-0.4, -0.2) is 24.0 Å². The largest absolute Gasteiger partial charge is 0.385 e. The number of anilines is 1. The third-order valence-electron chi connectivity index (χ3n) is 3.73. The highest BCUT2D eigenvalue weighted by atomic mass is 15.1. The lowest BCUT2D eigenvalue weighted by Crippen LogP contribution is -2.31. The van der Waals surface area contributed by atoms with E-state index in [1.807, 2.05) is 0 Å². The minimum atomic E-state index is 0.624. The van der Waals surface area contributed by atoms with E-state index in [-0.39, 0.29) is 0 Å². The van der Waals surface area contributed by atoms with Crippen molar-refractivity contribution in [2.45, 2.75) is 52.6 Å². The van der Waals surface area contributed by atoms with E-state index in [9.17, 15) is 0 Å². The van der Waals surface area contributed by atoms with Crippen molar-refractivity contribution < 1.29 is 0 Å². The molecule has 1 aliphatic rings. The van der Waals surface area contributed by atoms with E-state index < -0.39 is 0 Å². The lowest BCUT2D eigenvalue weighted by Gasteiger charge is -2.27. The minimum Gasteiger partial charge on any atom is -0.385 e. The number of rotatable bonds is 5. The highest BCUT2D eigenvalue weighted by Gasteiger charge is 2.12. The predicted molar refractivity (Wildman–Crippen MR) is 79.1 cm³/mol. The zero-order valence-corrected chi connectivity index (χ0v) is 12.0. The Morgan fingerprint density at radius 3 is 2.89 bits per heavy atom. The summed E-state index contributed by atoms with van der Waals surface area (Å²) in [7, 11) is 0. The van der Waals surface area contributed by atoms with Crippen molar-refractivity contribution in [2.24, 2.45) is 0 Å². The van der Waals surface area contributed by atoms with Crippen LogP contribution in [0.4, 0.5) is 5.69 Å². The molecule has 1 aromatic carbocycles. The molecule has 0 radical (unpaired) electrons. The van der Waals surface area contributed by atoms with Crippen LogP contribution < -0.4 is 5.32 Å². The van der Waals surface area contributed by atoms with Gasteiger partial charge in [-0.25, -0.2) is 0 Å². The van der Waals surface area contributed by atoms with Crippen molar-refractivity contribution in [2.75, 3.05) is 18.4 Å². The van der Waals surface area contributed by atoms with Gasteiger partial charge in [0.2, 0.25) is 0 Å². The van der Waals surface area contributed by atoms with E-state index >= 15 is 0 Å². The molecular weight excluding hydrogens is 220 g/mol. The number of benzene rings is 1. The van der Waals surface area contributed by atoms with Gasteiger partial charge in [-0.1, -0.05) is 19.1 Å². The molecule has 0 aliphatic carbocycles. The smallest absolute Gasteiger partial charge is 0.0372 e. The Morgan fingerprint density at radius 1 is 1.33 bits per heavy atom. The van der Waals surface area contributed by atoms with Crippen molar-refractivity contribution in [1.29, 1.82) is 0 Å². The van der Waals surface area contributed by atoms with E-state index in [2.05, 4.69) is 49.2 Å². The number of hydrogen-bond acceptors (Lipinski definition) is 2. The average molecular weight is 246 g/mol. The summed E-state index contributed by atoms with van der Waals surface area (Å²) in [6, 6.07) is 7.56. The third-order valence-corrected chi connectivity index (χ3v) is 3.73. The van der Waals surface area contributed by atoms with Crippen molar-refractivity contribution in [1.82, 2.24) is 4.90 Å². The van der Waals surface area contributed by atoms with Crippen LogP contribution in [0, 0.1) is 0 Å². The van der Waals surface area contributed by atoms with Gasteiger partial charge in [-0.15, -0.1) is 0 Å². The maximum Gasteiger partial charge on any atom is 0.0372 e.